The van der Waals surface area contributed by atoms with E-state index in [4.69, 9.17) is 14.8 Å². The number of aryl methyl sites for hydroxylation is 4. The fourth-order valence-corrected chi connectivity index (χ4v) is 4.44. The van der Waals surface area contributed by atoms with Gasteiger partial charge < -0.3 is 10.1 Å². The van der Waals surface area contributed by atoms with Gasteiger partial charge >= 0.3 is 0 Å². The summed E-state index contributed by atoms with van der Waals surface area (Å²) in [5, 5.41) is 8.74. The zero-order valence-corrected chi connectivity index (χ0v) is 18.5. The van der Waals surface area contributed by atoms with Gasteiger partial charge in [-0.3, -0.25) is 0 Å². The molecule has 3 aromatic rings. The van der Waals surface area contributed by atoms with Crippen LogP contribution in [0.1, 0.15) is 61.2 Å². The molecule has 0 unspecified atom stereocenters. The van der Waals surface area contributed by atoms with Crippen molar-refractivity contribution in [1.29, 1.82) is 0 Å². The van der Waals surface area contributed by atoms with E-state index in [0.29, 0.717) is 6.04 Å². The summed E-state index contributed by atoms with van der Waals surface area (Å²) in [6.45, 7) is 10.8. The lowest BCUT2D eigenvalue weighted by Gasteiger charge is -2.20. The van der Waals surface area contributed by atoms with Gasteiger partial charge in [-0.05, 0) is 76.1 Å². The van der Waals surface area contributed by atoms with Crippen LogP contribution in [0.2, 0.25) is 0 Å². The summed E-state index contributed by atoms with van der Waals surface area (Å²) in [4.78, 5) is 5.10. The lowest BCUT2D eigenvalue weighted by atomic mass is 9.99. The number of benzene rings is 1. The molecule has 5 nitrogen and oxygen atoms in total. The van der Waals surface area contributed by atoms with Crippen LogP contribution in [0.25, 0.3) is 16.8 Å². The summed E-state index contributed by atoms with van der Waals surface area (Å²) in [5.74, 6) is 2.01. The highest BCUT2D eigenvalue weighted by molar-refractivity contribution is 5.85. The highest BCUT2D eigenvalue weighted by atomic mass is 16.5. The number of methoxy groups -OCH3 is 1. The molecule has 0 spiro atoms. The number of hydrogen-bond acceptors (Lipinski definition) is 4. The van der Waals surface area contributed by atoms with E-state index in [1.54, 1.807) is 7.11 Å². The van der Waals surface area contributed by atoms with E-state index in [1.165, 1.54) is 22.4 Å². The molecule has 29 heavy (non-hydrogen) atoms. The Kier molecular flexibility index (Phi) is 5.24. The zero-order chi connectivity index (χ0) is 20.7. The van der Waals surface area contributed by atoms with Crippen molar-refractivity contribution in [3.8, 4) is 16.9 Å². The second-order valence-corrected chi connectivity index (χ2v) is 8.23. The third kappa shape index (κ3) is 3.26. The predicted molar refractivity (Wildman–Crippen MR) is 119 cm³/mol. The standard InChI is InChI=1S/C24H32N4O/c1-7-17(8-2)25-23-18-10-9-11-20(18)26-24-22(16(5)27-28(23)24)19-12-14(3)15(4)13-21(19)29-6/h12-13,17,25H,7-11H2,1-6H3. The fourth-order valence-electron chi connectivity index (χ4n) is 4.44. The summed E-state index contributed by atoms with van der Waals surface area (Å²) in [6, 6.07) is 4.76. The number of nitrogens with zero attached hydrogens (tertiary/aromatic N) is 3. The molecule has 0 atom stereocenters. The molecule has 1 aliphatic carbocycles. The molecule has 0 aliphatic heterocycles. The number of anilines is 1. The first kappa shape index (κ1) is 19.7. The van der Waals surface area contributed by atoms with Gasteiger partial charge in [0.15, 0.2) is 5.65 Å². The maximum Gasteiger partial charge on any atom is 0.165 e. The van der Waals surface area contributed by atoms with Crippen LogP contribution in [0.5, 0.6) is 5.75 Å². The summed E-state index contributed by atoms with van der Waals surface area (Å²) < 4.78 is 7.79. The van der Waals surface area contributed by atoms with Gasteiger partial charge in [-0.15, -0.1) is 0 Å². The van der Waals surface area contributed by atoms with Crippen LogP contribution in [0, 0.1) is 20.8 Å². The molecule has 0 radical (unpaired) electrons. The molecular weight excluding hydrogens is 360 g/mol. The number of nitrogens with one attached hydrogen (secondary N) is 1. The van der Waals surface area contributed by atoms with E-state index < -0.39 is 0 Å². The molecule has 0 fully saturated rings. The Balaban J connectivity index is 1.99. The summed E-state index contributed by atoms with van der Waals surface area (Å²) in [5.41, 5.74) is 9.09. The van der Waals surface area contributed by atoms with Crippen molar-refractivity contribution in [2.24, 2.45) is 0 Å². The topological polar surface area (TPSA) is 51.5 Å². The Morgan fingerprint density at radius 3 is 2.52 bits per heavy atom. The van der Waals surface area contributed by atoms with Crippen molar-refractivity contribution >= 4 is 11.5 Å². The van der Waals surface area contributed by atoms with Crippen LogP contribution in [0.4, 0.5) is 5.82 Å². The first-order chi connectivity index (χ1) is 14.0. The number of rotatable bonds is 6. The molecule has 1 aromatic carbocycles. The van der Waals surface area contributed by atoms with E-state index in [-0.39, 0.29) is 0 Å². The molecule has 0 amide bonds. The van der Waals surface area contributed by atoms with Crippen LogP contribution in [0.3, 0.4) is 0 Å². The second-order valence-electron chi connectivity index (χ2n) is 8.23. The zero-order valence-electron chi connectivity index (χ0n) is 18.5. The van der Waals surface area contributed by atoms with Crippen LogP contribution in [-0.2, 0) is 12.8 Å². The quantitative estimate of drug-likeness (QED) is 0.609. The Bertz CT molecular complexity index is 1060. The van der Waals surface area contributed by atoms with Crippen molar-refractivity contribution in [3.63, 3.8) is 0 Å². The molecule has 2 heterocycles. The first-order valence-corrected chi connectivity index (χ1v) is 10.8. The Morgan fingerprint density at radius 2 is 1.83 bits per heavy atom. The van der Waals surface area contributed by atoms with Gasteiger partial charge in [0.2, 0.25) is 0 Å². The van der Waals surface area contributed by atoms with Crippen molar-refractivity contribution in [3.05, 3.63) is 40.2 Å². The normalized spacial score (nSPS) is 13.3. The van der Waals surface area contributed by atoms with Crippen molar-refractivity contribution in [1.82, 2.24) is 14.6 Å². The van der Waals surface area contributed by atoms with E-state index >= 15 is 0 Å². The third-order valence-corrected chi connectivity index (χ3v) is 6.37. The molecule has 1 aliphatic rings. The molecule has 0 bridgehead atoms. The van der Waals surface area contributed by atoms with Crippen LogP contribution in [0.15, 0.2) is 12.1 Å². The minimum absolute atomic E-state index is 0.439. The van der Waals surface area contributed by atoms with Gasteiger partial charge in [0.25, 0.3) is 0 Å². The minimum atomic E-state index is 0.439. The lowest BCUT2D eigenvalue weighted by molar-refractivity contribution is 0.416. The predicted octanol–water partition coefficient (Wildman–Crippen LogP) is 5.42. The monoisotopic (exact) mass is 392 g/mol. The number of aromatic nitrogens is 3. The Labute approximate surface area is 173 Å². The summed E-state index contributed by atoms with van der Waals surface area (Å²) in [7, 11) is 1.74. The van der Waals surface area contributed by atoms with Gasteiger partial charge in [0.05, 0.1) is 18.4 Å². The molecule has 1 N–H and O–H groups in total. The van der Waals surface area contributed by atoms with Crippen LogP contribution >= 0.6 is 0 Å². The Morgan fingerprint density at radius 1 is 1.10 bits per heavy atom. The van der Waals surface area contributed by atoms with E-state index in [0.717, 1.165) is 66.1 Å². The van der Waals surface area contributed by atoms with Gasteiger partial charge in [-0.2, -0.15) is 9.61 Å². The maximum atomic E-state index is 5.75. The number of ether oxygens (including phenoxy) is 1. The van der Waals surface area contributed by atoms with Crippen molar-refractivity contribution < 1.29 is 4.74 Å². The average Bonchev–Trinajstić information content (AvgIpc) is 3.30. The van der Waals surface area contributed by atoms with E-state index in [2.05, 4.69) is 52.1 Å². The molecule has 0 saturated heterocycles. The molecular formula is C24H32N4O. The smallest absolute Gasteiger partial charge is 0.165 e. The molecule has 0 saturated carbocycles. The van der Waals surface area contributed by atoms with Gasteiger partial charge in [0.1, 0.15) is 11.6 Å². The van der Waals surface area contributed by atoms with Gasteiger partial charge in [0, 0.05) is 22.9 Å². The summed E-state index contributed by atoms with van der Waals surface area (Å²) in [6.07, 6.45) is 5.45. The van der Waals surface area contributed by atoms with Crippen LogP contribution in [-0.4, -0.2) is 27.7 Å². The first-order valence-electron chi connectivity index (χ1n) is 10.8. The maximum absolute atomic E-state index is 5.75. The molecule has 2 aromatic heterocycles. The molecule has 5 heteroatoms. The van der Waals surface area contributed by atoms with E-state index in [1.807, 2.05) is 4.52 Å². The van der Waals surface area contributed by atoms with Crippen molar-refractivity contribution in [2.45, 2.75) is 72.8 Å². The highest BCUT2D eigenvalue weighted by Crippen LogP contribution is 2.39. The third-order valence-electron chi connectivity index (χ3n) is 6.37. The fraction of sp³-hybridized carbons (Fsp3) is 0.500. The number of hydrogen-bond donors (Lipinski definition) is 1. The minimum Gasteiger partial charge on any atom is -0.496 e. The Hall–Kier alpha value is -2.56. The number of fused-ring (bicyclic) bond motifs is 2. The second kappa shape index (κ2) is 7.69. The average molecular weight is 393 g/mol. The van der Waals surface area contributed by atoms with Gasteiger partial charge in [-0.1, -0.05) is 13.8 Å². The molecule has 154 valence electrons. The van der Waals surface area contributed by atoms with Crippen molar-refractivity contribution in [2.75, 3.05) is 12.4 Å². The summed E-state index contributed by atoms with van der Waals surface area (Å²) >= 11 is 0. The van der Waals surface area contributed by atoms with E-state index in [9.17, 15) is 0 Å². The van der Waals surface area contributed by atoms with Gasteiger partial charge in [-0.25, -0.2) is 4.98 Å². The van der Waals surface area contributed by atoms with Crippen LogP contribution < -0.4 is 10.1 Å². The SMILES string of the molecule is CCC(CC)Nc1c2c(nc3c(-c4cc(C)c(C)cc4OC)c(C)nn13)CCC2. The highest BCUT2D eigenvalue weighted by Gasteiger charge is 2.26. The largest absolute Gasteiger partial charge is 0.496 e. The lowest BCUT2D eigenvalue weighted by Crippen LogP contribution is -2.21. The molecule has 4 rings (SSSR count).